The van der Waals surface area contributed by atoms with Crippen molar-refractivity contribution in [3.63, 3.8) is 0 Å². The van der Waals surface area contributed by atoms with Gasteiger partial charge in [0.15, 0.2) is 6.29 Å². The van der Waals surface area contributed by atoms with Gasteiger partial charge >= 0.3 is 0 Å². The molecule has 0 aromatic heterocycles. The molecule has 28 heavy (non-hydrogen) atoms. The highest BCUT2D eigenvalue weighted by atomic mass is 16.7. The second-order valence-electron chi connectivity index (χ2n) is 7.64. The Bertz CT molecular complexity index is 739. The fourth-order valence-corrected chi connectivity index (χ4v) is 3.37. The zero-order valence-electron chi connectivity index (χ0n) is 16.5. The Morgan fingerprint density at radius 3 is 2.25 bits per heavy atom. The van der Waals surface area contributed by atoms with E-state index in [1.54, 1.807) is 0 Å². The normalized spacial score (nSPS) is 16.9. The first-order valence-corrected chi connectivity index (χ1v) is 9.89. The van der Waals surface area contributed by atoms with Crippen molar-refractivity contribution in [1.82, 2.24) is 5.32 Å². The maximum absolute atomic E-state index is 12.4. The van der Waals surface area contributed by atoms with E-state index in [1.165, 1.54) is 0 Å². The van der Waals surface area contributed by atoms with Gasteiger partial charge in [-0.25, -0.2) is 0 Å². The third-order valence-corrected chi connectivity index (χ3v) is 4.82. The van der Waals surface area contributed by atoms with Crippen LogP contribution in [0.2, 0.25) is 0 Å². The van der Waals surface area contributed by atoms with E-state index in [0.29, 0.717) is 26.1 Å². The molecule has 0 aliphatic carbocycles. The summed E-state index contributed by atoms with van der Waals surface area (Å²) in [5.74, 6) is -0.137. The molecule has 5 heteroatoms. The number of amides is 1. The summed E-state index contributed by atoms with van der Waals surface area (Å²) in [7, 11) is 0. The van der Waals surface area contributed by atoms with Gasteiger partial charge in [-0.2, -0.15) is 0 Å². The summed E-state index contributed by atoms with van der Waals surface area (Å²) < 4.78 is 11.2. The number of carbonyl (C=O) groups is 1. The molecule has 2 N–H and O–H groups in total. The number of benzene rings is 2. The van der Waals surface area contributed by atoms with Crippen molar-refractivity contribution < 1.29 is 19.4 Å². The van der Waals surface area contributed by atoms with Crippen molar-refractivity contribution >= 4 is 5.91 Å². The summed E-state index contributed by atoms with van der Waals surface area (Å²) in [6.45, 7) is 4.98. The van der Waals surface area contributed by atoms with Crippen LogP contribution in [0.5, 0.6) is 0 Å². The summed E-state index contributed by atoms with van der Waals surface area (Å²) in [6, 6.07) is 18.1. The van der Waals surface area contributed by atoms with Crippen LogP contribution in [-0.2, 0) is 20.7 Å². The minimum atomic E-state index is -1.02. The van der Waals surface area contributed by atoms with Crippen LogP contribution >= 0.6 is 0 Å². The van der Waals surface area contributed by atoms with Crippen LogP contribution in [0, 0.1) is 5.92 Å². The summed E-state index contributed by atoms with van der Waals surface area (Å²) in [5.41, 5.74) is 3.38. The molecule has 0 saturated carbocycles. The number of aliphatic hydroxyl groups is 1. The molecule has 3 rings (SSSR count). The number of hydrogen-bond donors (Lipinski definition) is 2. The average Bonchev–Trinajstić information content (AvgIpc) is 3.23. The Balaban J connectivity index is 1.68. The number of hydrogen-bond acceptors (Lipinski definition) is 4. The fourth-order valence-electron chi connectivity index (χ4n) is 3.37. The van der Waals surface area contributed by atoms with Gasteiger partial charge < -0.3 is 19.9 Å². The molecule has 1 fully saturated rings. The molecule has 1 heterocycles. The van der Waals surface area contributed by atoms with Crippen molar-refractivity contribution in [2.24, 2.45) is 5.92 Å². The zero-order chi connectivity index (χ0) is 19.9. The topological polar surface area (TPSA) is 67.8 Å². The minimum Gasteiger partial charge on any atom is -0.383 e. The smallest absolute Gasteiger partial charge is 0.249 e. The molecule has 1 saturated heterocycles. The Morgan fingerprint density at radius 2 is 1.64 bits per heavy atom. The largest absolute Gasteiger partial charge is 0.383 e. The van der Waals surface area contributed by atoms with Gasteiger partial charge in [0.05, 0.1) is 19.3 Å². The van der Waals surface area contributed by atoms with Gasteiger partial charge in [-0.05, 0) is 35.4 Å². The second kappa shape index (κ2) is 9.82. The van der Waals surface area contributed by atoms with Crippen LogP contribution in [0.3, 0.4) is 0 Å². The predicted molar refractivity (Wildman–Crippen MR) is 109 cm³/mol. The second-order valence-corrected chi connectivity index (χ2v) is 7.64. The maximum atomic E-state index is 12.4. The Kier molecular flexibility index (Phi) is 7.20. The van der Waals surface area contributed by atoms with E-state index in [4.69, 9.17) is 9.47 Å². The molecule has 1 amide bonds. The SMILES string of the molecule is CC(C)CC(O)C(=O)N[C@@H](Cc1ccc(-c2ccccc2)cc1)C1OCCO1. The summed E-state index contributed by atoms with van der Waals surface area (Å²) in [4.78, 5) is 12.4. The number of rotatable bonds is 8. The quantitative estimate of drug-likeness (QED) is 0.735. The Labute approximate surface area is 166 Å². The van der Waals surface area contributed by atoms with Crippen LogP contribution < -0.4 is 5.32 Å². The van der Waals surface area contributed by atoms with Crippen LogP contribution in [0.25, 0.3) is 11.1 Å². The van der Waals surface area contributed by atoms with E-state index in [2.05, 4.69) is 41.7 Å². The molecule has 5 nitrogen and oxygen atoms in total. The van der Waals surface area contributed by atoms with Crippen molar-refractivity contribution in [3.8, 4) is 11.1 Å². The van der Waals surface area contributed by atoms with E-state index < -0.39 is 12.4 Å². The maximum Gasteiger partial charge on any atom is 0.249 e. The predicted octanol–water partition coefficient (Wildman–Crippen LogP) is 3.16. The van der Waals surface area contributed by atoms with E-state index in [-0.39, 0.29) is 17.9 Å². The highest BCUT2D eigenvalue weighted by Gasteiger charge is 2.30. The number of aliphatic hydroxyl groups excluding tert-OH is 1. The summed E-state index contributed by atoms with van der Waals surface area (Å²) in [5, 5.41) is 13.0. The molecule has 0 spiro atoms. The molecule has 2 atom stereocenters. The highest BCUT2D eigenvalue weighted by Crippen LogP contribution is 2.21. The molecular formula is C23H29NO4. The number of carbonyl (C=O) groups excluding carboxylic acids is 1. The van der Waals surface area contributed by atoms with Crippen molar-refractivity contribution in [2.45, 2.75) is 45.1 Å². The molecule has 1 aliphatic rings. The third-order valence-electron chi connectivity index (χ3n) is 4.82. The molecule has 2 aromatic rings. The van der Waals surface area contributed by atoms with Gasteiger partial charge in [-0.3, -0.25) is 4.79 Å². The van der Waals surface area contributed by atoms with Crippen molar-refractivity contribution in [3.05, 3.63) is 60.2 Å². The number of ether oxygens (including phenoxy) is 2. The van der Waals surface area contributed by atoms with E-state index in [1.807, 2.05) is 32.0 Å². The lowest BCUT2D eigenvalue weighted by atomic mass is 10.00. The Hall–Kier alpha value is -2.21. The average molecular weight is 383 g/mol. The first-order valence-electron chi connectivity index (χ1n) is 9.89. The van der Waals surface area contributed by atoms with E-state index >= 15 is 0 Å². The summed E-state index contributed by atoms with van der Waals surface area (Å²) in [6.07, 6.45) is -0.523. The molecule has 1 aliphatic heterocycles. The lowest BCUT2D eigenvalue weighted by Gasteiger charge is -2.25. The lowest BCUT2D eigenvalue weighted by Crippen LogP contribution is -2.49. The van der Waals surface area contributed by atoms with Gasteiger partial charge in [0.1, 0.15) is 6.10 Å². The van der Waals surface area contributed by atoms with Gasteiger partial charge in [-0.15, -0.1) is 0 Å². The van der Waals surface area contributed by atoms with Gasteiger partial charge in [0.25, 0.3) is 0 Å². The standard InChI is InChI=1S/C23H29NO4/c1-16(2)14-21(25)22(26)24-20(23-27-12-13-28-23)15-17-8-10-19(11-9-17)18-6-4-3-5-7-18/h3-11,16,20-21,23,25H,12-15H2,1-2H3,(H,24,26)/t20-,21?/m0/s1. The highest BCUT2D eigenvalue weighted by molar-refractivity contribution is 5.80. The monoisotopic (exact) mass is 383 g/mol. The first-order chi connectivity index (χ1) is 13.5. The van der Waals surface area contributed by atoms with Crippen molar-refractivity contribution in [2.75, 3.05) is 13.2 Å². The lowest BCUT2D eigenvalue weighted by molar-refractivity contribution is -0.135. The van der Waals surface area contributed by atoms with Crippen LogP contribution in [0.15, 0.2) is 54.6 Å². The Morgan fingerprint density at radius 1 is 1.04 bits per heavy atom. The molecule has 1 unspecified atom stereocenters. The van der Waals surface area contributed by atoms with Crippen molar-refractivity contribution in [1.29, 1.82) is 0 Å². The molecular weight excluding hydrogens is 354 g/mol. The van der Waals surface area contributed by atoms with E-state index in [0.717, 1.165) is 16.7 Å². The first kappa shape index (κ1) is 20.5. The van der Waals surface area contributed by atoms with Gasteiger partial charge in [0.2, 0.25) is 5.91 Å². The molecule has 150 valence electrons. The van der Waals surface area contributed by atoms with Gasteiger partial charge in [0, 0.05) is 0 Å². The van der Waals surface area contributed by atoms with Crippen LogP contribution in [0.4, 0.5) is 0 Å². The zero-order valence-corrected chi connectivity index (χ0v) is 16.5. The van der Waals surface area contributed by atoms with E-state index in [9.17, 15) is 9.90 Å². The van der Waals surface area contributed by atoms with Crippen LogP contribution in [0.1, 0.15) is 25.8 Å². The third kappa shape index (κ3) is 5.64. The fraction of sp³-hybridized carbons (Fsp3) is 0.435. The molecule has 2 aromatic carbocycles. The van der Waals surface area contributed by atoms with Gasteiger partial charge in [-0.1, -0.05) is 68.4 Å². The minimum absolute atomic E-state index is 0.240. The summed E-state index contributed by atoms with van der Waals surface area (Å²) >= 11 is 0. The number of nitrogens with one attached hydrogen (secondary N) is 1. The van der Waals surface area contributed by atoms with Crippen LogP contribution in [-0.4, -0.2) is 42.7 Å². The molecule has 0 radical (unpaired) electrons. The molecule has 0 bridgehead atoms.